The molecule has 0 bridgehead atoms. The van der Waals surface area contributed by atoms with E-state index in [9.17, 15) is 14.4 Å². The molecule has 2 rings (SSSR count). The zero-order valence-corrected chi connectivity index (χ0v) is 19.3. The summed E-state index contributed by atoms with van der Waals surface area (Å²) in [5.41, 5.74) is 3.68. The highest BCUT2D eigenvalue weighted by molar-refractivity contribution is 6.07. The summed E-state index contributed by atoms with van der Waals surface area (Å²) in [6.45, 7) is 13.3. The molecule has 1 amide bonds. The van der Waals surface area contributed by atoms with Gasteiger partial charge in [-0.3, -0.25) is 9.59 Å². The van der Waals surface area contributed by atoms with Gasteiger partial charge < -0.3 is 14.2 Å². The standard InChI is InChI=1S/C25H32N2O4/c1-8-15-27(24(29)20-13-11-19(9-2)12-14-20)18(6)23(28)21-16(4)22(25(30)31-10-3)26(7)17(21)5/h8,11-14,18H,1,9-10,15H2,2-7H3/t18-/m0/s1. The number of nitrogens with zero attached hydrogens (tertiary/aromatic N) is 2. The predicted molar refractivity (Wildman–Crippen MR) is 122 cm³/mol. The van der Waals surface area contributed by atoms with Crippen molar-refractivity contribution in [1.29, 1.82) is 0 Å². The molecule has 31 heavy (non-hydrogen) atoms. The van der Waals surface area contributed by atoms with Crippen LogP contribution in [0.1, 0.15) is 68.8 Å². The third-order valence-corrected chi connectivity index (χ3v) is 5.69. The summed E-state index contributed by atoms with van der Waals surface area (Å²) >= 11 is 0. The fourth-order valence-electron chi connectivity index (χ4n) is 3.78. The molecular formula is C25H32N2O4. The second-order valence-corrected chi connectivity index (χ2v) is 7.55. The maximum Gasteiger partial charge on any atom is 0.355 e. The molecule has 6 heteroatoms. The van der Waals surface area contributed by atoms with Crippen LogP contribution >= 0.6 is 0 Å². The van der Waals surface area contributed by atoms with Crippen LogP contribution in [-0.2, 0) is 18.2 Å². The van der Waals surface area contributed by atoms with Crippen LogP contribution < -0.4 is 0 Å². The Balaban J connectivity index is 2.42. The Bertz CT molecular complexity index is 986. The molecule has 0 aliphatic rings. The van der Waals surface area contributed by atoms with Gasteiger partial charge >= 0.3 is 5.97 Å². The van der Waals surface area contributed by atoms with Gasteiger partial charge in [0, 0.05) is 30.4 Å². The highest BCUT2D eigenvalue weighted by Gasteiger charge is 2.32. The molecule has 166 valence electrons. The van der Waals surface area contributed by atoms with Crippen LogP contribution in [0.15, 0.2) is 36.9 Å². The number of Topliss-reactive ketones (excluding diaryl/α,β-unsaturated/α-hetero) is 1. The first-order chi connectivity index (χ1) is 14.7. The Kier molecular flexibility index (Phi) is 7.97. The fraction of sp³-hybridized carbons (Fsp3) is 0.400. The van der Waals surface area contributed by atoms with Crippen molar-refractivity contribution in [2.24, 2.45) is 7.05 Å². The number of carbonyl (C=O) groups excluding carboxylic acids is 3. The molecular weight excluding hydrogens is 392 g/mol. The van der Waals surface area contributed by atoms with E-state index < -0.39 is 12.0 Å². The zero-order chi connectivity index (χ0) is 23.3. The Labute approximate surface area is 184 Å². The summed E-state index contributed by atoms with van der Waals surface area (Å²) < 4.78 is 6.83. The van der Waals surface area contributed by atoms with Crippen molar-refractivity contribution in [3.63, 3.8) is 0 Å². The minimum atomic E-state index is -0.730. The van der Waals surface area contributed by atoms with Crippen molar-refractivity contribution in [3.8, 4) is 0 Å². The smallest absolute Gasteiger partial charge is 0.355 e. The first kappa shape index (κ1) is 24.1. The Morgan fingerprint density at radius 3 is 2.29 bits per heavy atom. The molecule has 1 heterocycles. The number of amides is 1. The van der Waals surface area contributed by atoms with E-state index in [1.807, 2.05) is 12.1 Å². The molecule has 2 aromatic rings. The minimum Gasteiger partial charge on any atom is -0.461 e. The van der Waals surface area contributed by atoms with Crippen LogP contribution in [0.5, 0.6) is 0 Å². The number of benzene rings is 1. The van der Waals surface area contributed by atoms with Gasteiger partial charge in [-0.2, -0.15) is 0 Å². The lowest BCUT2D eigenvalue weighted by Crippen LogP contribution is -2.43. The van der Waals surface area contributed by atoms with E-state index >= 15 is 0 Å². The second-order valence-electron chi connectivity index (χ2n) is 7.55. The number of ether oxygens (including phenoxy) is 1. The number of hydrogen-bond donors (Lipinski definition) is 0. The number of aromatic nitrogens is 1. The number of carbonyl (C=O) groups is 3. The highest BCUT2D eigenvalue weighted by Crippen LogP contribution is 2.25. The van der Waals surface area contributed by atoms with Crippen molar-refractivity contribution >= 4 is 17.7 Å². The molecule has 0 radical (unpaired) electrons. The van der Waals surface area contributed by atoms with Crippen LogP contribution in [0.25, 0.3) is 0 Å². The Hall–Kier alpha value is -3.15. The van der Waals surface area contributed by atoms with Crippen LogP contribution in [0.2, 0.25) is 0 Å². The number of hydrogen-bond acceptors (Lipinski definition) is 4. The molecule has 6 nitrogen and oxygen atoms in total. The average molecular weight is 425 g/mol. The lowest BCUT2D eigenvalue weighted by Gasteiger charge is -2.27. The molecule has 0 N–H and O–H groups in total. The van der Waals surface area contributed by atoms with E-state index in [-0.39, 0.29) is 24.8 Å². The maximum absolute atomic E-state index is 13.5. The van der Waals surface area contributed by atoms with Crippen molar-refractivity contribution in [1.82, 2.24) is 9.47 Å². The number of esters is 1. The molecule has 0 saturated heterocycles. The van der Waals surface area contributed by atoms with Crippen LogP contribution in [-0.4, -0.2) is 46.3 Å². The molecule has 0 saturated carbocycles. The van der Waals surface area contributed by atoms with Crippen LogP contribution in [0, 0.1) is 13.8 Å². The fourth-order valence-corrected chi connectivity index (χ4v) is 3.78. The number of ketones is 1. The van der Waals surface area contributed by atoms with Gasteiger partial charge in [-0.15, -0.1) is 6.58 Å². The predicted octanol–water partition coefficient (Wildman–Crippen LogP) is 4.28. The first-order valence-electron chi connectivity index (χ1n) is 10.6. The molecule has 1 aromatic heterocycles. The third-order valence-electron chi connectivity index (χ3n) is 5.69. The first-order valence-corrected chi connectivity index (χ1v) is 10.6. The third kappa shape index (κ3) is 4.79. The highest BCUT2D eigenvalue weighted by atomic mass is 16.5. The molecule has 0 aliphatic carbocycles. The van der Waals surface area contributed by atoms with E-state index in [4.69, 9.17) is 4.74 Å². The largest absolute Gasteiger partial charge is 0.461 e. The molecule has 1 atom stereocenters. The summed E-state index contributed by atoms with van der Waals surface area (Å²) in [5.74, 6) is -0.922. The molecule has 0 spiro atoms. The monoisotopic (exact) mass is 424 g/mol. The normalized spacial score (nSPS) is 11.7. The van der Waals surface area contributed by atoms with E-state index in [0.717, 1.165) is 12.0 Å². The van der Waals surface area contributed by atoms with Gasteiger partial charge in [-0.05, 0) is 57.4 Å². The van der Waals surface area contributed by atoms with Crippen molar-refractivity contribution < 1.29 is 19.1 Å². The Morgan fingerprint density at radius 2 is 1.77 bits per heavy atom. The summed E-state index contributed by atoms with van der Waals surface area (Å²) in [4.78, 5) is 40.6. The lowest BCUT2D eigenvalue weighted by molar-refractivity contribution is 0.0513. The van der Waals surface area contributed by atoms with Gasteiger partial charge in [-0.25, -0.2) is 4.79 Å². The van der Waals surface area contributed by atoms with Crippen molar-refractivity contribution in [2.45, 2.75) is 47.1 Å². The maximum atomic E-state index is 13.5. The topological polar surface area (TPSA) is 68.6 Å². The molecule has 0 unspecified atom stereocenters. The van der Waals surface area contributed by atoms with Crippen LogP contribution in [0.3, 0.4) is 0 Å². The zero-order valence-electron chi connectivity index (χ0n) is 19.3. The summed E-state index contributed by atoms with van der Waals surface area (Å²) in [7, 11) is 1.73. The van der Waals surface area contributed by atoms with Crippen LogP contribution in [0.4, 0.5) is 0 Å². The van der Waals surface area contributed by atoms with Gasteiger partial charge in [0.1, 0.15) is 5.69 Å². The van der Waals surface area contributed by atoms with E-state index in [1.165, 1.54) is 4.90 Å². The average Bonchev–Trinajstić information content (AvgIpc) is 2.99. The van der Waals surface area contributed by atoms with E-state index in [0.29, 0.717) is 28.1 Å². The summed E-state index contributed by atoms with van der Waals surface area (Å²) in [6.07, 6.45) is 2.49. The molecule has 0 fully saturated rings. The SMILES string of the molecule is C=CCN(C(=O)c1ccc(CC)cc1)[C@@H](C)C(=O)c1c(C)c(C(=O)OCC)n(C)c1C. The number of aryl methyl sites for hydroxylation is 1. The Morgan fingerprint density at radius 1 is 1.16 bits per heavy atom. The van der Waals surface area contributed by atoms with Gasteiger partial charge in [0.05, 0.1) is 12.6 Å². The van der Waals surface area contributed by atoms with Gasteiger partial charge in [0.2, 0.25) is 0 Å². The van der Waals surface area contributed by atoms with Crippen molar-refractivity contribution in [3.05, 3.63) is 70.6 Å². The van der Waals surface area contributed by atoms with Gasteiger partial charge in [0.25, 0.3) is 5.91 Å². The summed E-state index contributed by atoms with van der Waals surface area (Å²) in [6, 6.07) is 6.68. The van der Waals surface area contributed by atoms with Gasteiger partial charge in [0.15, 0.2) is 5.78 Å². The van der Waals surface area contributed by atoms with Crippen molar-refractivity contribution in [2.75, 3.05) is 13.2 Å². The minimum absolute atomic E-state index is 0.221. The lowest BCUT2D eigenvalue weighted by atomic mass is 9.99. The number of rotatable bonds is 9. The van der Waals surface area contributed by atoms with Gasteiger partial charge in [-0.1, -0.05) is 25.1 Å². The summed E-state index contributed by atoms with van der Waals surface area (Å²) in [5, 5.41) is 0. The second kappa shape index (κ2) is 10.2. The molecule has 0 aliphatic heterocycles. The van der Waals surface area contributed by atoms with E-state index in [1.54, 1.807) is 57.5 Å². The quantitative estimate of drug-likeness (QED) is 0.342. The molecule has 1 aromatic carbocycles. The van der Waals surface area contributed by atoms with E-state index in [2.05, 4.69) is 13.5 Å².